The molecular formula is C29H29N5O3S. The van der Waals surface area contributed by atoms with Crippen LogP contribution in [-0.2, 0) is 10.5 Å². The number of rotatable bonds is 8. The van der Waals surface area contributed by atoms with Crippen LogP contribution in [0.4, 0.5) is 11.6 Å². The Hall–Kier alpha value is -4.24. The third kappa shape index (κ3) is 5.38. The van der Waals surface area contributed by atoms with Crippen molar-refractivity contribution in [1.29, 1.82) is 0 Å². The number of allylic oxidation sites excluding steroid dienone is 1. The summed E-state index contributed by atoms with van der Waals surface area (Å²) in [6.45, 7) is 3.97. The highest BCUT2D eigenvalue weighted by Gasteiger charge is 2.34. The topological polar surface area (TPSA) is 90.3 Å². The molecule has 0 saturated carbocycles. The molecule has 0 radical (unpaired) electrons. The van der Waals surface area contributed by atoms with Gasteiger partial charge in [-0.1, -0.05) is 53.7 Å². The van der Waals surface area contributed by atoms with E-state index >= 15 is 0 Å². The van der Waals surface area contributed by atoms with Crippen LogP contribution in [0.1, 0.15) is 29.7 Å². The van der Waals surface area contributed by atoms with Crippen molar-refractivity contribution < 1.29 is 14.3 Å². The number of anilines is 2. The fourth-order valence-corrected chi connectivity index (χ4v) is 5.18. The maximum atomic E-state index is 13.7. The number of nitrogens with one attached hydrogen (secondary N) is 2. The number of fused-ring (bicyclic) bond motifs is 1. The maximum absolute atomic E-state index is 13.7. The van der Waals surface area contributed by atoms with E-state index in [1.807, 2.05) is 55.5 Å². The van der Waals surface area contributed by atoms with Gasteiger partial charge in [0.05, 0.1) is 19.8 Å². The molecule has 38 heavy (non-hydrogen) atoms. The summed E-state index contributed by atoms with van der Waals surface area (Å²) in [5.41, 5.74) is 5.26. The van der Waals surface area contributed by atoms with E-state index in [2.05, 4.69) is 41.8 Å². The van der Waals surface area contributed by atoms with E-state index in [1.54, 1.807) is 30.7 Å². The number of methoxy groups -OCH3 is 2. The van der Waals surface area contributed by atoms with Crippen molar-refractivity contribution in [1.82, 2.24) is 14.8 Å². The molecule has 194 valence electrons. The molecule has 0 unspecified atom stereocenters. The summed E-state index contributed by atoms with van der Waals surface area (Å²) in [5.74, 6) is 2.57. The number of carbonyl (C=O) groups is 1. The molecule has 0 bridgehead atoms. The van der Waals surface area contributed by atoms with Crippen LogP contribution in [0.5, 0.6) is 11.5 Å². The monoisotopic (exact) mass is 527 g/mol. The first-order valence-corrected chi connectivity index (χ1v) is 13.2. The SMILES string of the molecule is COc1ccc(NC(=O)C2=C(C)Nc3nc(SCc4cccc(C)c4)nn3[C@H]2c2ccc(OC)cc2)cc1. The summed E-state index contributed by atoms with van der Waals surface area (Å²) < 4.78 is 12.4. The van der Waals surface area contributed by atoms with E-state index in [9.17, 15) is 4.79 Å². The van der Waals surface area contributed by atoms with Crippen LogP contribution in [0.2, 0.25) is 0 Å². The second-order valence-electron chi connectivity index (χ2n) is 8.96. The first-order chi connectivity index (χ1) is 18.4. The van der Waals surface area contributed by atoms with Crippen molar-refractivity contribution in [2.24, 2.45) is 0 Å². The van der Waals surface area contributed by atoms with Gasteiger partial charge < -0.3 is 20.1 Å². The molecule has 1 aliphatic rings. The van der Waals surface area contributed by atoms with Crippen LogP contribution in [0.25, 0.3) is 0 Å². The summed E-state index contributed by atoms with van der Waals surface area (Å²) in [6.07, 6.45) is 0. The summed E-state index contributed by atoms with van der Waals surface area (Å²) in [7, 11) is 3.24. The van der Waals surface area contributed by atoms with E-state index in [-0.39, 0.29) is 5.91 Å². The first-order valence-electron chi connectivity index (χ1n) is 12.2. The number of carbonyl (C=O) groups excluding carboxylic acids is 1. The summed E-state index contributed by atoms with van der Waals surface area (Å²) in [4.78, 5) is 18.4. The first kappa shape index (κ1) is 25.4. The number of benzene rings is 3. The van der Waals surface area contributed by atoms with E-state index in [4.69, 9.17) is 19.6 Å². The van der Waals surface area contributed by atoms with Crippen LogP contribution in [0.3, 0.4) is 0 Å². The van der Waals surface area contributed by atoms with Crippen molar-refractivity contribution in [2.45, 2.75) is 30.8 Å². The molecule has 3 aromatic carbocycles. The molecule has 9 heteroatoms. The standard InChI is InChI=1S/C29H29N5O3S/c1-18-6-5-7-20(16-18)17-38-29-32-28-30-19(2)25(27(35)31-22-10-14-24(37-4)15-11-22)26(34(28)33-29)21-8-12-23(36-3)13-9-21/h5-16,26H,17H2,1-4H3,(H,31,35)(H,30,32,33)/t26-/m0/s1. The number of ether oxygens (including phenoxy) is 2. The molecule has 0 fully saturated rings. The highest BCUT2D eigenvalue weighted by atomic mass is 32.2. The Bertz CT molecular complexity index is 1480. The minimum Gasteiger partial charge on any atom is -0.497 e. The van der Waals surface area contributed by atoms with Crippen molar-refractivity contribution in [3.05, 3.63) is 101 Å². The van der Waals surface area contributed by atoms with Gasteiger partial charge in [0, 0.05) is 17.1 Å². The summed E-state index contributed by atoms with van der Waals surface area (Å²) in [6, 6.07) is 22.8. The second-order valence-corrected chi connectivity index (χ2v) is 9.90. The number of nitrogens with zero attached hydrogens (tertiary/aromatic N) is 3. The Balaban J connectivity index is 1.47. The molecular weight excluding hydrogens is 498 g/mol. The number of thioether (sulfide) groups is 1. The lowest BCUT2D eigenvalue weighted by Gasteiger charge is -2.28. The average Bonchev–Trinajstić information content (AvgIpc) is 3.34. The zero-order valence-corrected chi connectivity index (χ0v) is 22.5. The highest BCUT2D eigenvalue weighted by Crippen LogP contribution is 2.37. The Morgan fingerprint density at radius 1 is 1.00 bits per heavy atom. The zero-order valence-electron chi connectivity index (χ0n) is 21.7. The largest absolute Gasteiger partial charge is 0.497 e. The van der Waals surface area contributed by atoms with E-state index in [0.29, 0.717) is 28.1 Å². The maximum Gasteiger partial charge on any atom is 0.255 e. The number of aryl methyl sites for hydroxylation is 1. The molecule has 0 spiro atoms. The predicted octanol–water partition coefficient (Wildman–Crippen LogP) is 5.82. The van der Waals surface area contributed by atoms with Gasteiger partial charge in [-0.2, -0.15) is 4.98 Å². The Morgan fingerprint density at radius 2 is 1.68 bits per heavy atom. The number of aromatic nitrogens is 3. The summed E-state index contributed by atoms with van der Waals surface area (Å²) >= 11 is 1.56. The quantitative estimate of drug-likeness (QED) is 0.279. The minimum atomic E-state index is -0.476. The van der Waals surface area contributed by atoms with Gasteiger partial charge in [-0.15, -0.1) is 5.10 Å². The van der Waals surface area contributed by atoms with Crippen molar-refractivity contribution >= 4 is 29.3 Å². The number of hydrogen-bond acceptors (Lipinski definition) is 7. The van der Waals surface area contributed by atoms with Crippen LogP contribution < -0.4 is 20.1 Å². The third-order valence-corrected chi connectivity index (χ3v) is 7.22. The van der Waals surface area contributed by atoms with Crippen LogP contribution in [0, 0.1) is 6.92 Å². The lowest BCUT2D eigenvalue weighted by molar-refractivity contribution is -0.113. The third-order valence-electron chi connectivity index (χ3n) is 6.31. The fraction of sp³-hybridized carbons (Fsp3) is 0.207. The van der Waals surface area contributed by atoms with Crippen LogP contribution >= 0.6 is 11.8 Å². The highest BCUT2D eigenvalue weighted by molar-refractivity contribution is 7.98. The predicted molar refractivity (Wildman–Crippen MR) is 150 cm³/mol. The molecule has 0 aliphatic carbocycles. The fourth-order valence-electron chi connectivity index (χ4n) is 4.40. The minimum absolute atomic E-state index is 0.226. The molecule has 4 aromatic rings. The van der Waals surface area contributed by atoms with Gasteiger partial charge in [-0.25, -0.2) is 4.68 Å². The smallest absolute Gasteiger partial charge is 0.255 e. The second kappa shape index (κ2) is 11.0. The molecule has 2 N–H and O–H groups in total. The van der Waals surface area contributed by atoms with E-state index in [1.165, 1.54) is 11.1 Å². The molecule has 0 saturated heterocycles. The number of hydrogen-bond donors (Lipinski definition) is 2. The van der Waals surface area contributed by atoms with Crippen LogP contribution in [-0.4, -0.2) is 34.9 Å². The lowest BCUT2D eigenvalue weighted by atomic mass is 9.95. The number of amides is 1. The average molecular weight is 528 g/mol. The molecule has 1 aliphatic heterocycles. The Labute approximate surface area is 226 Å². The van der Waals surface area contributed by atoms with Crippen molar-refractivity contribution in [2.75, 3.05) is 24.9 Å². The molecule has 1 amide bonds. The van der Waals surface area contributed by atoms with Crippen molar-refractivity contribution in [3.63, 3.8) is 0 Å². The van der Waals surface area contributed by atoms with Gasteiger partial charge in [0.25, 0.3) is 5.91 Å². The molecule has 5 rings (SSSR count). The van der Waals surface area contributed by atoms with Gasteiger partial charge in [-0.3, -0.25) is 4.79 Å². The van der Waals surface area contributed by atoms with Gasteiger partial charge in [0.15, 0.2) is 0 Å². The Kier molecular flexibility index (Phi) is 7.37. The van der Waals surface area contributed by atoms with Gasteiger partial charge in [0.2, 0.25) is 11.1 Å². The molecule has 1 atom stereocenters. The zero-order chi connectivity index (χ0) is 26.6. The lowest BCUT2D eigenvalue weighted by Crippen LogP contribution is -2.31. The van der Waals surface area contributed by atoms with Gasteiger partial charge >= 0.3 is 0 Å². The van der Waals surface area contributed by atoms with E-state index in [0.717, 1.165) is 22.8 Å². The van der Waals surface area contributed by atoms with E-state index < -0.39 is 6.04 Å². The molecule has 8 nitrogen and oxygen atoms in total. The molecule has 2 heterocycles. The van der Waals surface area contributed by atoms with Crippen LogP contribution in [0.15, 0.2) is 89.2 Å². The van der Waals surface area contributed by atoms with Crippen molar-refractivity contribution in [3.8, 4) is 11.5 Å². The van der Waals surface area contributed by atoms with Gasteiger partial charge in [0.1, 0.15) is 17.5 Å². The summed E-state index contributed by atoms with van der Waals surface area (Å²) in [5, 5.41) is 11.8. The Morgan fingerprint density at radius 3 is 2.34 bits per heavy atom. The van der Waals surface area contributed by atoms with Gasteiger partial charge in [-0.05, 0) is 61.4 Å². The normalized spacial score (nSPS) is 14.5. The molecule has 1 aromatic heterocycles.